The van der Waals surface area contributed by atoms with E-state index in [0.717, 1.165) is 35.0 Å². The number of nitrogens with one attached hydrogen (secondary N) is 1. The molecule has 0 aliphatic carbocycles. The zero-order valence-corrected chi connectivity index (χ0v) is 26.9. The molecule has 0 unspecified atom stereocenters. The number of halogens is 3. The molecule has 0 bridgehead atoms. The van der Waals surface area contributed by atoms with Crippen LogP contribution in [-0.2, 0) is 9.53 Å². The number of benzene rings is 3. The van der Waals surface area contributed by atoms with Crippen LogP contribution in [0, 0.1) is 6.92 Å². The van der Waals surface area contributed by atoms with Crippen molar-refractivity contribution in [2.75, 3.05) is 23.1 Å². The van der Waals surface area contributed by atoms with Crippen molar-refractivity contribution in [1.29, 1.82) is 0 Å². The van der Waals surface area contributed by atoms with Crippen molar-refractivity contribution in [3.8, 4) is 11.4 Å². The molecule has 15 heteroatoms. The molecule has 0 radical (unpaired) electrons. The van der Waals surface area contributed by atoms with E-state index in [-0.39, 0.29) is 45.6 Å². The maximum absolute atomic E-state index is 13.1. The van der Waals surface area contributed by atoms with Crippen LogP contribution in [0.25, 0.3) is 17.8 Å². The standard InChI is InChI=1S/C33H29F3N6O5S/c1-19(2)24-12-5-20(3)15-27(24)42-29(43)17-48-32(42)39-31(45)38-26-13-6-21(16-25(26)30(44)46-4)7-14-28-37-18-41(40-28)22-8-10-23(11-9-22)47-33(34,35)36/h5-16,18-19H,17H2,1-4H3,(H,38,45). The van der Waals surface area contributed by atoms with Crippen molar-refractivity contribution in [2.24, 2.45) is 4.99 Å². The van der Waals surface area contributed by atoms with Gasteiger partial charge in [-0.15, -0.1) is 18.3 Å². The first-order valence-corrected chi connectivity index (χ1v) is 15.4. The molecule has 1 saturated heterocycles. The van der Waals surface area contributed by atoms with Gasteiger partial charge in [0.1, 0.15) is 12.1 Å². The van der Waals surface area contributed by atoms with Gasteiger partial charge in [-0.3, -0.25) is 9.69 Å². The van der Waals surface area contributed by atoms with E-state index >= 15 is 0 Å². The van der Waals surface area contributed by atoms with Gasteiger partial charge in [-0.25, -0.2) is 19.3 Å². The molecular formula is C33H29F3N6O5S. The third-order valence-corrected chi connectivity index (χ3v) is 7.89. The maximum atomic E-state index is 13.1. The maximum Gasteiger partial charge on any atom is 0.573 e. The van der Waals surface area contributed by atoms with E-state index in [0.29, 0.717) is 16.9 Å². The van der Waals surface area contributed by atoms with Crippen molar-refractivity contribution in [2.45, 2.75) is 33.1 Å². The monoisotopic (exact) mass is 678 g/mol. The number of amidine groups is 1. The lowest BCUT2D eigenvalue weighted by Crippen LogP contribution is -2.31. The minimum absolute atomic E-state index is 0.0561. The number of aryl methyl sites for hydroxylation is 1. The molecule has 0 atom stereocenters. The van der Waals surface area contributed by atoms with E-state index in [1.54, 1.807) is 18.2 Å². The van der Waals surface area contributed by atoms with Crippen molar-refractivity contribution >= 4 is 58.4 Å². The number of methoxy groups -OCH3 is 1. The molecule has 48 heavy (non-hydrogen) atoms. The van der Waals surface area contributed by atoms with Gasteiger partial charge < -0.3 is 14.8 Å². The normalized spacial score (nSPS) is 14.3. The number of carbonyl (C=O) groups is 3. The Kier molecular flexibility index (Phi) is 9.98. The Hall–Kier alpha value is -5.44. The Bertz CT molecular complexity index is 1920. The lowest BCUT2D eigenvalue weighted by molar-refractivity contribution is -0.274. The molecule has 0 spiro atoms. The summed E-state index contributed by atoms with van der Waals surface area (Å²) < 4.78 is 47.5. The second kappa shape index (κ2) is 14.1. The number of rotatable bonds is 8. The first-order chi connectivity index (χ1) is 22.8. The number of alkyl halides is 3. The van der Waals surface area contributed by atoms with Crippen LogP contribution >= 0.6 is 11.8 Å². The number of amides is 3. The molecule has 2 heterocycles. The summed E-state index contributed by atoms with van der Waals surface area (Å²) in [5.41, 5.74) is 3.78. The van der Waals surface area contributed by atoms with Crippen LogP contribution in [0.15, 0.2) is 72.0 Å². The topological polar surface area (TPSA) is 128 Å². The Balaban J connectivity index is 1.33. The SMILES string of the molecule is COC(=O)c1cc(C=Cc2ncn(-c3ccc(OC(F)(F)F)cc3)n2)ccc1NC(=O)N=C1SCC(=O)N1c1cc(C)ccc1C(C)C. The minimum Gasteiger partial charge on any atom is -0.465 e. The number of ether oxygens (including phenoxy) is 2. The fourth-order valence-corrected chi connectivity index (χ4v) is 5.61. The molecule has 1 fully saturated rings. The Labute approximate surface area is 277 Å². The average molecular weight is 679 g/mol. The zero-order chi connectivity index (χ0) is 34.6. The van der Waals surface area contributed by atoms with Gasteiger partial charge in [-0.05, 0) is 78.1 Å². The molecule has 248 valence electrons. The van der Waals surface area contributed by atoms with Crippen LogP contribution in [0.4, 0.5) is 29.3 Å². The number of aromatic nitrogens is 3. The molecule has 3 aromatic carbocycles. The number of anilines is 2. The number of esters is 1. The number of hydrogen-bond donors (Lipinski definition) is 1. The highest BCUT2D eigenvalue weighted by atomic mass is 32.2. The second-order valence-corrected chi connectivity index (χ2v) is 11.7. The molecular weight excluding hydrogens is 649 g/mol. The first kappa shape index (κ1) is 33.9. The highest BCUT2D eigenvalue weighted by Gasteiger charge is 2.33. The summed E-state index contributed by atoms with van der Waals surface area (Å²) in [6, 6.07) is 14.8. The summed E-state index contributed by atoms with van der Waals surface area (Å²) in [6.07, 6.45) is -0.210. The van der Waals surface area contributed by atoms with Crippen molar-refractivity contribution < 1.29 is 37.0 Å². The molecule has 1 N–H and O–H groups in total. The average Bonchev–Trinajstić information content (AvgIpc) is 3.65. The fraction of sp³-hybridized carbons (Fsp3) is 0.212. The largest absolute Gasteiger partial charge is 0.573 e. The lowest BCUT2D eigenvalue weighted by Gasteiger charge is -2.22. The van der Waals surface area contributed by atoms with Crippen molar-refractivity contribution in [3.05, 3.63) is 95.1 Å². The minimum atomic E-state index is -4.79. The predicted octanol–water partition coefficient (Wildman–Crippen LogP) is 7.22. The summed E-state index contributed by atoms with van der Waals surface area (Å²) in [5, 5.41) is 7.14. The van der Waals surface area contributed by atoms with Gasteiger partial charge in [0, 0.05) is 0 Å². The van der Waals surface area contributed by atoms with E-state index in [1.165, 1.54) is 47.3 Å². The van der Waals surface area contributed by atoms with Crippen LogP contribution in [-0.4, -0.2) is 57.1 Å². The van der Waals surface area contributed by atoms with E-state index in [1.807, 2.05) is 39.0 Å². The van der Waals surface area contributed by atoms with E-state index in [4.69, 9.17) is 4.74 Å². The van der Waals surface area contributed by atoms with Gasteiger partial charge in [0.25, 0.3) is 0 Å². The summed E-state index contributed by atoms with van der Waals surface area (Å²) >= 11 is 1.15. The summed E-state index contributed by atoms with van der Waals surface area (Å²) in [4.78, 5) is 48.5. The summed E-state index contributed by atoms with van der Waals surface area (Å²) in [5.74, 6) is -0.737. The van der Waals surface area contributed by atoms with Gasteiger partial charge in [-0.2, -0.15) is 4.99 Å². The molecule has 1 aromatic heterocycles. The van der Waals surface area contributed by atoms with Gasteiger partial charge in [-0.1, -0.05) is 49.9 Å². The quantitative estimate of drug-likeness (QED) is 0.194. The number of urea groups is 1. The Morgan fingerprint density at radius 2 is 1.81 bits per heavy atom. The number of aliphatic imine (C=N–C) groups is 1. The zero-order valence-electron chi connectivity index (χ0n) is 26.1. The molecule has 11 nitrogen and oxygen atoms in total. The summed E-state index contributed by atoms with van der Waals surface area (Å²) in [6.45, 7) is 5.96. The number of thioether (sulfide) groups is 1. The fourth-order valence-electron chi connectivity index (χ4n) is 4.75. The molecule has 0 saturated carbocycles. The summed E-state index contributed by atoms with van der Waals surface area (Å²) in [7, 11) is 1.21. The van der Waals surface area contributed by atoms with E-state index < -0.39 is 18.4 Å². The Morgan fingerprint density at radius 3 is 2.50 bits per heavy atom. The Morgan fingerprint density at radius 1 is 1.06 bits per heavy atom. The molecule has 3 amide bonds. The van der Waals surface area contributed by atoms with Gasteiger partial charge in [0.15, 0.2) is 11.0 Å². The van der Waals surface area contributed by atoms with Gasteiger partial charge in [0.2, 0.25) is 5.91 Å². The predicted molar refractivity (Wildman–Crippen MR) is 176 cm³/mol. The van der Waals surface area contributed by atoms with Crippen LogP contribution in [0.5, 0.6) is 5.75 Å². The van der Waals surface area contributed by atoms with Crippen molar-refractivity contribution in [3.63, 3.8) is 0 Å². The third kappa shape index (κ3) is 8.09. The number of carbonyl (C=O) groups excluding carboxylic acids is 3. The number of hydrogen-bond acceptors (Lipinski definition) is 8. The highest BCUT2D eigenvalue weighted by molar-refractivity contribution is 8.15. The molecule has 1 aliphatic heterocycles. The molecule has 1 aliphatic rings. The van der Waals surface area contributed by atoms with E-state index in [2.05, 4.69) is 25.1 Å². The van der Waals surface area contributed by atoms with Gasteiger partial charge >= 0.3 is 18.4 Å². The van der Waals surface area contributed by atoms with Gasteiger partial charge in [0.05, 0.1) is 35.5 Å². The van der Waals surface area contributed by atoms with Crippen LogP contribution in [0.2, 0.25) is 0 Å². The van der Waals surface area contributed by atoms with Crippen molar-refractivity contribution in [1.82, 2.24) is 14.8 Å². The lowest BCUT2D eigenvalue weighted by atomic mass is 9.99. The number of nitrogens with zero attached hydrogens (tertiary/aromatic N) is 5. The molecule has 5 rings (SSSR count). The second-order valence-electron chi connectivity index (χ2n) is 10.8. The van der Waals surface area contributed by atoms with Crippen LogP contribution in [0.3, 0.4) is 0 Å². The highest BCUT2D eigenvalue weighted by Crippen LogP contribution is 2.34. The van der Waals surface area contributed by atoms with Crippen LogP contribution < -0.4 is 15.0 Å². The first-order valence-electron chi connectivity index (χ1n) is 14.5. The third-order valence-electron chi connectivity index (χ3n) is 6.97. The smallest absolute Gasteiger partial charge is 0.465 e. The molecule has 4 aromatic rings. The van der Waals surface area contributed by atoms with Crippen LogP contribution in [0.1, 0.15) is 52.6 Å². The van der Waals surface area contributed by atoms with E-state index in [9.17, 15) is 27.6 Å².